The van der Waals surface area contributed by atoms with E-state index in [4.69, 9.17) is 10.5 Å². The third-order valence-corrected chi connectivity index (χ3v) is 3.41. The highest BCUT2D eigenvalue weighted by Crippen LogP contribution is 2.29. The molecule has 0 amide bonds. The highest BCUT2D eigenvalue weighted by atomic mass is 32.1. The van der Waals surface area contributed by atoms with E-state index in [1.54, 1.807) is 11.3 Å². The predicted molar refractivity (Wildman–Crippen MR) is 67.3 cm³/mol. The predicted octanol–water partition coefficient (Wildman–Crippen LogP) is 3.44. The molecule has 0 atom stereocenters. The van der Waals surface area contributed by atoms with Crippen molar-refractivity contribution in [3.63, 3.8) is 0 Å². The normalized spacial score (nSPS) is 10.4. The molecule has 2 rings (SSSR count). The van der Waals surface area contributed by atoms with Gasteiger partial charge in [0, 0.05) is 10.6 Å². The molecule has 0 bridgehead atoms. The lowest BCUT2D eigenvalue weighted by Gasteiger charge is -2.04. The van der Waals surface area contributed by atoms with Crippen LogP contribution < -0.4 is 10.5 Å². The summed E-state index contributed by atoms with van der Waals surface area (Å²) in [5.41, 5.74) is 8.56. The second kappa shape index (κ2) is 4.14. The smallest absolute Gasteiger partial charge is 0.279 e. The Morgan fingerprint density at radius 2 is 2.00 bits per heavy atom. The molecular weight excluding hydrogens is 220 g/mol. The van der Waals surface area contributed by atoms with E-state index < -0.39 is 0 Å². The van der Waals surface area contributed by atoms with Crippen molar-refractivity contribution in [2.75, 3.05) is 5.73 Å². The number of nitrogens with two attached hydrogens (primary N) is 1. The van der Waals surface area contributed by atoms with Crippen LogP contribution >= 0.6 is 11.3 Å². The maximum Gasteiger partial charge on any atom is 0.279 e. The Balaban J connectivity index is 2.23. The lowest BCUT2D eigenvalue weighted by Crippen LogP contribution is -1.90. The molecule has 4 heteroatoms. The number of benzene rings is 1. The largest absolute Gasteiger partial charge is 0.431 e. The van der Waals surface area contributed by atoms with Crippen LogP contribution in [0.15, 0.2) is 18.2 Å². The van der Waals surface area contributed by atoms with Crippen molar-refractivity contribution in [3.8, 4) is 10.9 Å². The number of nitrogen functional groups attached to an aromatic ring is 1. The molecule has 0 fully saturated rings. The third kappa shape index (κ3) is 2.17. The van der Waals surface area contributed by atoms with Crippen LogP contribution in [0.4, 0.5) is 5.69 Å². The summed E-state index contributed by atoms with van der Waals surface area (Å²) in [6, 6.07) is 5.62. The molecule has 0 saturated heterocycles. The van der Waals surface area contributed by atoms with Crippen molar-refractivity contribution in [2.45, 2.75) is 20.8 Å². The van der Waals surface area contributed by atoms with Crippen LogP contribution in [0.3, 0.4) is 0 Å². The Bertz CT molecular complexity index is 500. The van der Waals surface area contributed by atoms with Gasteiger partial charge in [-0.15, -0.1) is 0 Å². The minimum Gasteiger partial charge on any atom is -0.431 e. The minimum atomic E-state index is 0.680. The minimum absolute atomic E-state index is 0.680. The molecule has 1 aromatic heterocycles. The number of anilines is 1. The number of rotatable bonds is 2. The zero-order chi connectivity index (χ0) is 11.7. The van der Waals surface area contributed by atoms with Gasteiger partial charge in [0.05, 0.1) is 5.69 Å². The first-order chi connectivity index (χ1) is 7.56. The van der Waals surface area contributed by atoms with E-state index in [1.165, 1.54) is 4.88 Å². The number of hydrogen-bond donors (Lipinski definition) is 1. The third-order valence-electron chi connectivity index (χ3n) is 2.46. The summed E-state index contributed by atoms with van der Waals surface area (Å²) in [6.45, 7) is 5.97. The monoisotopic (exact) mass is 234 g/mol. The van der Waals surface area contributed by atoms with E-state index in [-0.39, 0.29) is 0 Å². The van der Waals surface area contributed by atoms with Crippen LogP contribution in [0.25, 0.3) is 0 Å². The highest BCUT2D eigenvalue weighted by molar-refractivity contribution is 7.13. The molecule has 16 heavy (non-hydrogen) atoms. The molecule has 0 spiro atoms. The van der Waals surface area contributed by atoms with E-state index in [9.17, 15) is 0 Å². The quantitative estimate of drug-likeness (QED) is 0.810. The van der Waals surface area contributed by atoms with Gasteiger partial charge in [-0.1, -0.05) is 11.3 Å². The van der Waals surface area contributed by atoms with Crippen LogP contribution in [0, 0.1) is 20.8 Å². The van der Waals surface area contributed by atoms with Crippen molar-refractivity contribution in [1.29, 1.82) is 0 Å². The van der Waals surface area contributed by atoms with E-state index in [2.05, 4.69) is 4.98 Å². The maximum atomic E-state index is 5.74. The second-order valence-electron chi connectivity index (χ2n) is 3.74. The standard InChI is InChI=1S/C12H14N2OS/c1-7-6-10(4-5-11(7)13)15-12-14-8(2)9(3)16-12/h4-6H,13H2,1-3H3. The Morgan fingerprint density at radius 3 is 2.56 bits per heavy atom. The van der Waals surface area contributed by atoms with Crippen molar-refractivity contribution in [2.24, 2.45) is 0 Å². The van der Waals surface area contributed by atoms with E-state index in [0.717, 1.165) is 22.7 Å². The van der Waals surface area contributed by atoms with E-state index in [1.807, 2.05) is 39.0 Å². The fraction of sp³-hybridized carbons (Fsp3) is 0.250. The lowest BCUT2D eigenvalue weighted by atomic mass is 10.2. The number of hydrogen-bond acceptors (Lipinski definition) is 4. The Hall–Kier alpha value is -1.55. The molecule has 0 saturated carbocycles. The van der Waals surface area contributed by atoms with Crippen LogP contribution in [-0.2, 0) is 0 Å². The van der Waals surface area contributed by atoms with E-state index >= 15 is 0 Å². The zero-order valence-electron chi connectivity index (χ0n) is 9.57. The molecule has 0 aliphatic heterocycles. The van der Waals surface area contributed by atoms with Gasteiger partial charge in [0.1, 0.15) is 5.75 Å². The molecular formula is C12H14N2OS. The molecule has 0 unspecified atom stereocenters. The first-order valence-electron chi connectivity index (χ1n) is 5.04. The molecule has 84 valence electrons. The summed E-state index contributed by atoms with van der Waals surface area (Å²) >= 11 is 1.55. The topological polar surface area (TPSA) is 48.1 Å². The second-order valence-corrected chi connectivity index (χ2v) is 4.91. The van der Waals surface area contributed by atoms with Gasteiger partial charge >= 0.3 is 0 Å². The summed E-state index contributed by atoms with van der Waals surface area (Å²) in [4.78, 5) is 5.51. The molecule has 0 aliphatic carbocycles. The summed E-state index contributed by atoms with van der Waals surface area (Å²) in [7, 11) is 0. The van der Waals surface area contributed by atoms with Gasteiger partial charge in [-0.2, -0.15) is 0 Å². The van der Waals surface area contributed by atoms with Crippen molar-refractivity contribution < 1.29 is 4.74 Å². The van der Waals surface area contributed by atoms with Gasteiger partial charge in [0.15, 0.2) is 0 Å². The number of aryl methyl sites for hydroxylation is 3. The van der Waals surface area contributed by atoms with Gasteiger partial charge in [-0.3, -0.25) is 0 Å². The Kier molecular flexibility index (Phi) is 2.83. The van der Waals surface area contributed by atoms with Crippen LogP contribution in [-0.4, -0.2) is 4.98 Å². The summed E-state index contributed by atoms with van der Waals surface area (Å²) in [6.07, 6.45) is 0. The van der Waals surface area contributed by atoms with Gasteiger partial charge < -0.3 is 10.5 Å². The lowest BCUT2D eigenvalue weighted by molar-refractivity contribution is 0.477. The highest BCUT2D eigenvalue weighted by Gasteiger charge is 2.06. The fourth-order valence-electron chi connectivity index (χ4n) is 1.30. The first-order valence-corrected chi connectivity index (χ1v) is 5.86. The fourth-order valence-corrected chi connectivity index (χ4v) is 2.08. The SMILES string of the molecule is Cc1cc(Oc2nc(C)c(C)s2)ccc1N. The van der Waals surface area contributed by atoms with Crippen molar-refractivity contribution in [3.05, 3.63) is 34.3 Å². The van der Waals surface area contributed by atoms with Crippen molar-refractivity contribution >= 4 is 17.0 Å². The van der Waals surface area contributed by atoms with Gasteiger partial charge in [0.2, 0.25) is 0 Å². The zero-order valence-corrected chi connectivity index (χ0v) is 10.4. The molecule has 3 nitrogen and oxygen atoms in total. The molecule has 2 N–H and O–H groups in total. The van der Waals surface area contributed by atoms with Crippen LogP contribution in [0.5, 0.6) is 10.9 Å². The van der Waals surface area contributed by atoms with Crippen LogP contribution in [0.1, 0.15) is 16.1 Å². The Labute approximate surface area is 98.9 Å². The van der Waals surface area contributed by atoms with Gasteiger partial charge in [0.25, 0.3) is 5.19 Å². The summed E-state index contributed by atoms with van der Waals surface area (Å²) in [5, 5.41) is 0.680. The van der Waals surface area contributed by atoms with Gasteiger partial charge in [-0.25, -0.2) is 4.98 Å². The Morgan fingerprint density at radius 1 is 1.25 bits per heavy atom. The number of thiazole rings is 1. The average molecular weight is 234 g/mol. The molecule has 1 heterocycles. The number of ether oxygens (including phenoxy) is 1. The molecule has 1 aromatic carbocycles. The molecule has 2 aromatic rings. The van der Waals surface area contributed by atoms with Gasteiger partial charge in [-0.05, 0) is 44.5 Å². The van der Waals surface area contributed by atoms with E-state index in [0.29, 0.717) is 5.19 Å². The maximum absolute atomic E-state index is 5.74. The molecule has 0 radical (unpaired) electrons. The average Bonchev–Trinajstić information content (AvgIpc) is 2.52. The number of nitrogens with zero attached hydrogens (tertiary/aromatic N) is 1. The van der Waals surface area contributed by atoms with Crippen molar-refractivity contribution in [1.82, 2.24) is 4.98 Å². The first kappa shape index (κ1) is 11.0. The summed E-state index contributed by atoms with van der Waals surface area (Å²) in [5.74, 6) is 0.778. The summed E-state index contributed by atoms with van der Waals surface area (Å²) < 4.78 is 5.67. The number of aromatic nitrogens is 1. The van der Waals surface area contributed by atoms with Crippen LogP contribution in [0.2, 0.25) is 0 Å². The molecule has 0 aliphatic rings.